The van der Waals surface area contributed by atoms with Gasteiger partial charge in [-0.25, -0.2) is 9.48 Å². The molecule has 0 aromatic carbocycles. The number of pyridine rings is 1. The van der Waals surface area contributed by atoms with E-state index < -0.39 is 29.7 Å². The Bertz CT molecular complexity index is 976. The van der Waals surface area contributed by atoms with Crippen LogP contribution in [-0.2, 0) is 23.9 Å². The molecule has 2 aromatic heterocycles. The zero-order chi connectivity index (χ0) is 20.9. The Labute approximate surface area is 163 Å². The summed E-state index contributed by atoms with van der Waals surface area (Å²) in [6.07, 6.45) is -2.98. The van der Waals surface area contributed by atoms with E-state index in [-0.39, 0.29) is 31.5 Å². The quantitative estimate of drug-likeness (QED) is 0.808. The maximum absolute atomic E-state index is 12.9. The Balaban J connectivity index is 1.60. The molecule has 156 valence electrons. The molecular weight excluding hydrogens is 391 g/mol. The average Bonchev–Trinajstić information content (AvgIpc) is 2.93. The van der Waals surface area contributed by atoms with E-state index >= 15 is 0 Å². The largest absolute Gasteiger partial charge is 0.433 e. The number of alkyl halides is 3. The van der Waals surface area contributed by atoms with Crippen molar-refractivity contribution in [2.24, 2.45) is 5.92 Å². The lowest BCUT2D eigenvalue weighted by Crippen LogP contribution is -2.56. The number of aliphatic hydroxyl groups excluding tert-OH is 1. The lowest BCUT2D eigenvalue weighted by atomic mass is 9.92. The van der Waals surface area contributed by atoms with Crippen molar-refractivity contribution in [3.63, 3.8) is 0 Å². The van der Waals surface area contributed by atoms with Gasteiger partial charge in [0.05, 0.1) is 12.6 Å². The zero-order valence-corrected chi connectivity index (χ0v) is 15.6. The molecule has 4 heterocycles. The van der Waals surface area contributed by atoms with Crippen LogP contribution in [0.1, 0.15) is 36.5 Å². The van der Waals surface area contributed by atoms with Gasteiger partial charge in [-0.3, -0.25) is 14.3 Å². The van der Waals surface area contributed by atoms with E-state index in [2.05, 4.69) is 10.1 Å². The molecule has 2 atom stereocenters. The van der Waals surface area contributed by atoms with Gasteiger partial charge in [-0.05, 0) is 24.0 Å². The lowest BCUT2D eigenvalue weighted by molar-refractivity contribution is -0.146. The molecule has 0 bridgehead atoms. The monoisotopic (exact) mass is 411 g/mol. The molecule has 2 unspecified atom stereocenters. The van der Waals surface area contributed by atoms with Crippen LogP contribution in [0.3, 0.4) is 0 Å². The van der Waals surface area contributed by atoms with Gasteiger partial charge in [-0.15, -0.1) is 0 Å². The van der Waals surface area contributed by atoms with Crippen LogP contribution in [-0.4, -0.2) is 54.4 Å². The van der Waals surface area contributed by atoms with Gasteiger partial charge in [0.2, 0.25) is 5.91 Å². The van der Waals surface area contributed by atoms with E-state index in [4.69, 9.17) is 0 Å². The Morgan fingerprint density at radius 3 is 2.62 bits per heavy atom. The second-order valence-corrected chi connectivity index (χ2v) is 7.73. The van der Waals surface area contributed by atoms with Gasteiger partial charge in [0.25, 0.3) is 0 Å². The third-order valence-corrected chi connectivity index (χ3v) is 5.32. The number of hydrogen-bond donors (Lipinski definition) is 1. The van der Waals surface area contributed by atoms with Crippen LogP contribution in [0.4, 0.5) is 13.2 Å². The number of hydrogen-bond acceptors (Lipinski definition) is 5. The van der Waals surface area contributed by atoms with E-state index in [1.165, 1.54) is 15.5 Å². The van der Waals surface area contributed by atoms with Crippen molar-refractivity contribution in [1.82, 2.24) is 24.2 Å². The normalized spacial score (nSPS) is 22.3. The first-order chi connectivity index (χ1) is 13.6. The molecule has 0 saturated carbocycles. The first kappa shape index (κ1) is 19.6. The molecule has 8 nitrogen and oxygen atoms in total. The molecule has 1 N–H and O–H groups in total. The topological polar surface area (TPSA) is 93.2 Å². The summed E-state index contributed by atoms with van der Waals surface area (Å²) in [6, 6.07) is 1.43. The molecule has 0 radical (unpaired) electrons. The third-order valence-electron chi connectivity index (χ3n) is 5.32. The summed E-state index contributed by atoms with van der Waals surface area (Å²) in [4.78, 5) is 30.6. The molecular formula is C18H20F3N5O3. The van der Waals surface area contributed by atoms with E-state index in [0.717, 1.165) is 16.9 Å². The smallest absolute Gasteiger partial charge is 0.389 e. The second-order valence-electron chi connectivity index (χ2n) is 7.73. The summed E-state index contributed by atoms with van der Waals surface area (Å²) < 4.78 is 40.5. The van der Waals surface area contributed by atoms with Gasteiger partial charge in [0, 0.05) is 25.7 Å². The number of aromatic nitrogens is 4. The summed E-state index contributed by atoms with van der Waals surface area (Å²) in [7, 11) is 0. The minimum absolute atomic E-state index is 0.0400. The highest BCUT2D eigenvalue weighted by Crippen LogP contribution is 2.30. The zero-order valence-electron chi connectivity index (χ0n) is 15.6. The van der Waals surface area contributed by atoms with Crippen molar-refractivity contribution < 1.29 is 23.1 Å². The van der Waals surface area contributed by atoms with E-state index in [1.54, 1.807) is 0 Å². The highest BCUT2D eigenvalue weighted by atomic mass is 19.4. The minimum atomic E-state index is -4.53. The van der Waals surface area contributed by atoms with Crippen LogP contribution < -0.4 is 5.69 Å². The second kappa shape index (κ2) is 6.97. The molecule has 2 aromatic rings. The maximum Gasteiger partial charge on any atom is 0.433 e. The predicted octanol–water partition coefficient (Wildman–Crippen LogP) is 0.833. The fraction of sp³-hybridized carbons (Fsp3) is 0.556. The fourth-order valence-electron chi connectivity index (χ4n) is 3.82. The highest BCUT2D eigenvalue weighted by Gasteiger charge is 2.39. The number of β-amino-alcohol motifs (C(OH)–C–C–N with tert-alkyl or cyclic N) is 1. The van der Waals surface area contributed by atoms with Crippen molar-refractivity contribution in [2.75, 3.05) is 13.1 Å². The van der Waals surface area contributed by atoms with Gasteiger partial charge in [0.1, 0.15) is 17.6 Å². The first-order valence-electron chi connectivity index (χ1n) is 9.30. The Morgan fingerprint density at radius 2 is 2.03 bits per heavy atom. The molecule has 2 aliphatic rings. The molecule has 29 heavy (non-hydrogen) atoms. The average molecular weight is 411 g/mol. The van der Waals surface area contributed by atoms with Crippen molar-refractivity contribution in [3.05, 3.63) is 45.9 Å². The molecule has 1 fully saturated rings. The summed E-state index contributed by atoms with van der Waals surface area (Å²) >= 11 is 0. The summed E-state index contributed by atoms with van der Waals surface area (Å²) in [6.45, 7) is 2.43. The number of amides is 1. The van der Waals surface area contributed by atoms with E-state index in [9.17, 15) is 27.9 Å². The fourth-order valence-corrected chi connectivity index (χ4v) is 3.82. The number of aliphatic hydroxyl groups is 1. The number of likely N-dealkylation sites (tertiary alicyclic amines) is 1. The third kappa shape index (κ3) is 3.66. The molecule has 0 spiro atoms. The molecule has 1 amide bonds. The summed E-state index contributed by atoms with van der Waals surface area (Å²) in [5, 5.41) is 13.8. The van der Waals surface area contributed by atoms with E-state index in [1.807, 2.05) is 6.92 Å². The van der Waals surface area contributed by atoms with Gasteiger partial charge in [0.15, 0.2) is 0 Å². The van der Waals surface area contributed by atoms with Gasteiger partial charge in [-0.2, -0.15) is 18.3 Å². The summed E-state index contributed by atoms with van der Waals surface area (Å²) in [5.41, 5.74) is -1.09. The van der Waals surface area contributed by atoms with Crippen molar-refractivity contribution >= 4 is 5.91 Å². The lowest BCUT2D eigenvalue weighted by Gasteiger charge is -2.39. The van der Waals surface area contributed by atoms with Crippen LogP contribution in [0.25, 0.3) is 0 Å². The number of nitrogens with zero attached hydrogens (tertiary/aromatic N) is 5. The number of halogens is 3. The van der Waals surface area contributed by atoms with Crippen LogP contribution in [0, 0.1) is 5.92 Å². The van der Waals surface area contributed by atoms with Crippen LogP contribution in [0.2, 0.25) is 0 Å². The van der Waals surface area contributed by atoms with Gasteiger partial charge >= 0.3 is 11.9 Å². The molecule has 2 aliphatic heterocycles. The molecule has 1 saturated heterocycles. The Kier molecular flexibility index (Phi) is 4.72. The van der Waals surface area contributed by atoms with Crippen molar-refractivity contribution in [1.29, 1.82) is 0 Å². The van der Waals surface area contributed by atoms with Crippen LogP contribution >= 0.6 is 0 Å². The number of carbonyl (C=O) groups excluding carboxylic acids is 1. The minimum Gasteiger partial charge on any atom is -0.389 e. The maximum atomic E-state index is 12.9. The van der Waals surface area contributed by atoms with Crippen molar-refractivity contribution in [2.45, 2.75) is 44.6 Å². The Hall–Kier alpha value is -2.69. The van der Waals surface area contributed by atoms with E-state index in [0.29, 0.717) is 24.2 Å². The summed E-state index contributed by atoms with van der Waals surface area (Å²) in [5.74, 6) is 0.402. The molecule has 11 heteroatoms. The molecule has 4 rings (SSSR count). The first-order valence-corrected chi connectivity index (χ1v) is 9.30. The predicted molar refractivity (Wildman–Crippen MR) is 93.9 cm³/mol. The number of carbonyl (C=O) groups is 1. The SMILES string of the molecule is CC1Cc2nn(Cc3ccc(C(F)(F)F)nc3)c(=O)n2C(C(=O)N2CC(O)C2)C1. The number of rotatable bonds is 3. The van der Waals surface area contributed by atoms with Crippen LogP contribution in [0.5, 0.6) is 0 Å². The Morgan fingerprint density at radius 1 is 1.31 bits per heavy atom. The van der Waals surface area contributed by atoms with Crippen LogP contribution in [0.15, 0.2) is 23.1 Å². The standard InChI is InChI=1S/C18H20F3N5O3/c1-10-4-13(16(28)24-8-12(27)9-24)26-15(5-10)23-25(17(26)29)7-11-2-3-14(22-6-11)18(19,20)21/h2-3,6,10,12-13,27H,4-5,7-9H2,1H3. The van der Waals surface area contributed by atoms with Crippen molar-refractivity contribution in [3.8, 4) is 0 Å². The highest BCUT2D eigenvalue weighted by molar-refractivity contribution is 5.81. The number of fused-ring (bicyclic) bond motifs is 1. The molecule has 0 aliphatic carbocycles. The van der Waals surface area contributed by atoms with Gasteiger partial charge in [-0.1, -0.05) is 13.0 Å². The van der Waals surface area contributed by atoms with Gasteiger partial charge < -0.3 is 10.0 Å².